The molecule has 5 heteroatoms. The Bertz CT molecular complexity index is 720. The number of benzene rings is 1. The van der Waals surface area contributed by atoms with Crippen LogP contribution in [0, 0.1) is 6.92 Å². The van der Waals surface area contributed by atoms with Crippen LogP contribution >= 0.6 is 11.6 Å². The van der Waals surface area contributed by atoms with Gasteiger partial charge in [0.2, 0.25) is 0 Å². The van der Waals surface area contributed by atoms with Crippen molar-refractivity contribution in [2.24, 2.45) is 0 Å². The normalized spacial score (nSPS) is 11.1. The molecule has 0 N–H and O–H groups in total. The van der Waals surface area contributed by atoms with E-state index in [1.54, 1.807) is 12.4 Å². The Kier molecular flexibility index (Phi) is 3.17. The molecule has 1 aromatic carbocycles. The van der Waals surface area contributed by atoms with Crippen LogP contribution < -0.4 is 0 Å². The molecule has 0 radical (unpaired) electrons. The highest BCUT2D eigenvalue weighted by molar-refractivity contribution is 6.29. The van der Waals surface area contributed by atoms with Crippen LogP contribution in [0.3, 0.4) is 0 Å². The quantitative estimate of drug-likeness (QED) is 0.736. The second-order valence-electron chi connectivity index (χ2n) is 4.47. The summed E-state index contributed by atoms with van der Waals surface area (Å²) in [5, 5.41) is 8.81. The molecule has 3 rings (SSSR count). The minimum absolute atomic E-state index is 0.544. The van der Waals surface area contributed by atoms with Crippen molar-refractivity contribution in [2.75, 3.05) is 0 Å². The van der Waals surface area contributed by atoms with Crippen molar-refractivity contribution >= 4 is 17.2 Å². The van der Waals surface area contributed by atoms with Gasteiger partial charge in [0.15, 0.2) is 5.65 Å². The second-order valence-corrected chi connectivity index (χ2v) is 4.85. The van der Waals surface area contributed by atoms with E-state index >= 15 is 0 Å². The number of nitrogens with zero attached hydrogens (tertiary/aromatic N) is 4. The fraction of sp³-hybridized carbons (Fsp3) is 0.214. The van der Waals surface area contributed by atoms with E-state index < -0.39 is 0 Å². The van der Waals surface area contributed by atoms with Gasteiger partial charge in [0.1, 0.15) is 11.0 Å². The maximum atomic E-state index is 6.14. The Morgan fingerprint density at radius 1 is 1.11 bits per heavy atom. The van der Waals surface area contributed by atoms with E-state index in [9.17, 15) is 0 Å². The lowest BCUT2D eigenvalue weighted by molar-refractivity contribution is 0.834. The number of fused-ring (bicyclic) bond motifs is 1. The molecule has 0 amide bonds. The van der Waals surface area contributed by atoms with Gasteiger partial charge in [-0.1, -0.05) is 35.9 Å². The summed E-state index contributed by atoms with van der Waals surface area (Å²) in [7, 11) is 0. The lowest BCUT2D eigenvalue weighted by Gasteiger charge is -2.05. The summed E-state index contributed by atoms with van der Waals surface area (Å²) < 4.78 is 1.84. The molecule has 0 unspecified atom stereocenters. The first-order valence-electron chi connectivity index (χ1n) is 6.14. The molecule has 19 heavy (non-hydrogen) atoms. The fourth-order valence-corrected chi connectivity index (χ4v) is 2.41. The van der Waals surface area contributed by atoms with E-state index in [1.165, 1.54) is 11.1 Å². The molecular formula is C14H13ClN4. The second kappa shape index (κ2) is 4.97. The van der Waals surface area contributed by atoms with Crippen LogP contribution in [0.5, 0.6) is 0 Å². The van der Waals surface area contributed by atoms with Crippen LogP contribution in [-0.2, 0) is 12.8 Å². The van der Waals surface area contributed by atoms with Gasteiger partial charge in [0, 0.05) is 6.42 Å². The minimum atomic E-state index is 0.544. The van der Waals surface area contributed by atoms with Crippen LogP contribution in [0.4, 0.5) is 0 Å². The van der Waals surface area contributed by atoms with Gasteiger partial charge in [-0.3, -0.25) is 9.38 Å². The van der Waals surface area contributed by atoms with Crippen LogP contribution in [0.1, 0.15) is 17.0 Å². The Hall–Kier alpha value is -1.94. The summed E-state index contributed by atoms with van der Waals surface area (Å²) in [6.45, 7) is 2.12. The number of hydrogen-bond acceptors (Lipinski definition) is 3. The molecular weight excluding hydrogens is 260 g/mol. The number of rotatable bonds is 3. The summed E-state index contributed by atoms with van der Waals surface area (Å²) in [4.78, 5) is 4.00. The minimum Gasteiger partial charge on any atom is -0.266 e. The van der Waals surface area contributed by atoms with Crippen molar-refractivity contribution < 1.29 is 0 Å². The first-order valence-corrected chi connectivity index (χ1v) is 6.51. The molecule has 0 bridgehead atoms. The maximum Gasteiger partial charge on any atom is 0.180 e. The predicted octanol–water partition coefficient (Wildman–Crippen LogP) is 2.87. The molecule has 0 aliphatic rings. The largest absolute Gasteiger partial charge is 0.266 e. The summed E-state index contributed by atoms with van der Waals surface area (Å²) in [5.74, 6) is 0.866. The van der Waals surface area contributed by atoms with Gasteiger partial charge in [-0.05, 0) is 24.5 Å². The first kappa shape index (κ1) is 12.1. The van der Waals surface area contributed by atoms with E-state index in [2.05, 4.69) is 40.3 Å². The van der Waals surface area contributed by atoms with Crippen molar-refractivity contribution in [1.29, 1.82) is 0 Å². The topological polar surface area (TPSA) is 43.1 Å². The maximum absolute atomic E-state index is 6.14. The van der Waals surface area contributed by atoms with Gasteiger partial charge < -0.3 is 0 Å². The first-order chi connectivity index (χ1) is 9.25. The highest BCUT2D eigenvalue weighted by atomic mass is 35.5. The van der Waals surface area contributed by atoms with Gasteiger partial charge in [0.25, 0.3) is 0 Å². The third-order valence-electron chi connectivity index (χ3n) is 3.22. The van der Waals surface area contributed by atoms with Crippen molar-refractivity contribution in [2.45, 2.75) is 19.8 Å². The van der Waals surface area contributed by atoms with Gasteiger partial charge in [-0.2, -0.15) is 0 Å². The van der Waals surface area contributed by atoms with Gasteiger partial charge in [-0.15, -0.1) is 10.2 Å². The van der Waals surface area contributed by atoms with Gasteiger partial charge in [0.05, 0.1) is 12.4 Å². The molecule has 2 heterocycles. The summed E-state index contributed by atoms with van der Waals surface area (Å²) in [6, 6.07) is 8.37. The zero-order valence-electron chi connectivity index (χ0n) is 10.5. The van der Waals surface area contributed by atoms with Crippen molar-refractivity contribution in [3.05, 3.63) is 58.8 Å². The Morgan fingerprint density at radius 3 is 2.79 bits per heavy atom. The molecule has 0 saturated heterocycles. The van der Waals surface area contributed by atoms with Crippen LogP contribution in [0.15, 0.2) is 36.7 Å². The molecule has 0 fully saturated rings. The molecule has 96 valence electrons. The average molecular weight is 273 g/mol. The van der Waals surface area contributed by atoms with Crippen LogP contribution in [0.2, 0.25) is 5.15 Å². The molecule has 0 spiro atoms. The third-order valence-corrected chi connectivity index (χ3v) is 3.49. The highest BCUT2D eigenvalue weighted by Crippen LogP contribution is 2.15. The molecule has 2 aromatic heterocycles. The Morgan fingerprint density at radius 2 is 1.95 bits per heavy atom. The van der Waals surface area contributed by atoms with Crippen molar-refractivity contribution in [1.82, 2.24) is 19.6 Å². The number of halogens is 1. The molecule has 0 aliphatic carbocycles. The third kappa shape index (κ3) is 2.31. The summed E-state index contributed by atoms with van der Waals surface area (Å²) in [5.41, 5.74) is 3.31. The van der Waals surface area contributed by atoms with Crippen LogP contribution in [0.25, 0.3) is 5.65 Å². The smallest absolute Gasteiger partial charge is 0.180 e. The summed E-state index contributed by atoms with van der Waals surface area (Å²) in [6.07, 6.45) is 4.99. The summed E-state index contributed by atoms with van der Waals surface area (Å²) >= 11 is 6.14. The average Bonchev–Trinajstić information content (AvgIpc) is 2.83. The van der Waals surface area contributed by atoms with E-state index in [1.807, 2.05) is 10.5 Å². The zero-order chi connectivity index (χ0) is 13.2. The number of aromatic nitrogens is 4. The highest BCUT2D eigenvalue weighted by Gasteiger charge is 2.09. The Balaban J connectivity index is 1.89. The molecule has 4 nitrogen and oxygen atoms in total. The number of hydrogen-bond donors (Lipinski definition) is 0. The zero-order valence-corrected chi connectivity index (χ0v) is 11.3. The Labute approximate surface area is 116 Å². The van der Waals surface area contributed by atoms with Gasteiger partial charge >= 0.3 is 0 Å². The number of aryl methyl sites for hydroxylation is 3. The molecule has 0 aliphatic heterocycles. The van der Waals surface area contributed by atoms with E-state index in [4.69, 9.17) is 11.6 Å². The van der Waals surface area contributed by atoms with E-state index in [0.29, 0.717) is 10.8 Å². The van der Waals surface area contributed by atoms with Crippen molar-refractivity contribution in [3.8, 4) is 0 Å². The molecule has 0 saturated carbocycles. The van der Waals surface area contributed by atoms with E-state index in [0.717, 1.165) is 18.7 Å². The fourth-order valence-electron chi connectivity index (χ4n) is 2.17. The SMILES string of the molecule is Cc1ccccc1CCc1nnc2cncc(Cl)n12. The van der Waals surface area contributed by atoms with Gasteiger partial charge in [-0.25, -0.2) is 0 Å². The van der Waals surface area contributed by atoms with Crippen LogP contribution in [-0.4, -0.2) is 19.6 Å². The molecule has 3 aromatic rings. The lowest BCUT2D eigenvalue weighted by Crippen LogP contribution is -2.00. The van der Waals surface area contributed by atoms with Crippen molar-refractivity contribution in [3.63, 3.8) is 0 Å². The monoisotopic (exact) mass is 272 g/mol. The lowest BCUT2D eigenvalue weighted by atomic mass is 10.0. The van der Waals surface area contributed by atoms with E-state index in [-0.39, 0.29) is 0 Å². The predicted molar refractivity (Wildman–Crippen MR) is 74.4 cm³/mol. The standard InChI is InChI=1S/C14H13ClN4/c1-10-4-2-3-5-11(10)6-7-13-17-18-14-9-16-8-12(15)19(13)14/h2-5,8-9H,6-7H2,1H3. The molecule has 0 atom stereocenters.